The number of hydrogen-bond acceptors (Lipinski definition) is 5. The highest BCUT2D eigenvalue weighted by molar-refractivity contribution is 5.83. The van der Waals surface area contributed by atoms with Crippen molar-refractivity contribution in [3.63, 3.8) is 0 Å². The van der Waals surface area contributed by atoms with Crippen LogP contribution in [0, 0.1) is 0 Å². The first-order valence-electron chi connectivity index (χ1n) is 10.1. The first-order valence-corrected chi connectivity index (χ1v) is 10.1. The summed E-state index contributed by atoms with van der Waals surface area (Å²) in [7, 11) is 0. The predicted molar refractivity (Wildman–Crippen MR) is 108 cm³/mol. The van der Waals surface area contributed by atoms with Crippen molar-refractivity contribution in [3.05, 3.63) is 59.9 Å². The van der Waals surface area contributed by atoms with E-state index in [1.807, 2.05) is 41.4 Å². The number of aromatic nitrogens is 1. The van der Waals surface area contributed by atoms with Crippen LogP contribution in [-0.4, -0.2) is 70.0 Å². The van der Waals surface area contributed by atoms with Gasteiger partial charge in [0.2, 0.25) is 5.91 Å². The van der Waals surface area contributed by atoms with Crippen LogP contribution < -0.4 is 0 Å². The molecule has 1 aromatic carbocycles. The molecule has 6 nitrogen and oxygen atoms in total. The second-order valence-corrected chi connectivity index (χ2v) is 7.70. The summed E-state index contributed by atoms with van der Waals surface area (Å²) in [6, 6.07) is 11.1. The average Bonchev–Trinajstić information content (AvgIpc) is 3.24. The highest BCUT2D eigenvalue weighted by Crippen LogP contribution is 2.27. The molecule has 4 rings (SSSR count). The normalized spacial score (nSPS) is 19.6. The Kier molecular flexibility index (Phi) is 5.88. The van der Waals surface area contributed by atoms with Gasteiger partial charge in [0, 0.05) is 45.1 Å². The number of benzene rings is 1. The highest BCUT2D eigenvalue weighted by Gasteiger charge is 2.34. The van der Waals surface area contributed by atoms with Gasteiger partial charge in [-0.3, -0.25) is 19.6 Å². The Hall–Kier alpha value is -2.44. The van der Waals surface area contributed by atoms with Gasteiger partial charge in [-0.15, -0.1) is 0 Å². The molecular formula is C22H28N4O2. The van der Waals surface area contributed by atoms with E-state index in [1.165, 1.54) is 0 Å². The first kappa shape index (κ1) is 18.9. The molecule has 0 saturated carbocycles. The Bertz CT molecular complexity index is 784. The molecule has 0 aliphatic carbocycles. The number of piperazine rings is 1. The molecule has 0 radical (unpaired) electrons. The van der Waals surface area contributed by atoms with Crippen molar-refractivity contribution >= 4 is 5.91 Å². The second-order valence-electron chi connectivity index (χ2n) is 7.70. The summed E-state index contributed by atoms with van der Waals surface area (Å²) in [6.07, 6.45) is 5.90. The van der Waals surface area contributed by atoms with Crippen LogP contribution >= 0.6 is 0 Å². The lowest BCUT2D eigenvalue weighted by molar-refractivity contribution is -0.138. The van der Waals surface area contributed by atoms with Gasteiger partial charge < -0.3 is 10.0 Å². The van der Waals surface area contributed by atoms with Crippen LogP contribution in [-0.2, 0) is 11.3 Å². The number of amides is 1. The number of carbonyl (C=O) groups excluding carboxylic acids is 1. The van der Waals surface area contributed by atoms with Crippen molar-refractivity contribution in [2.75, 3.05) is 39.3 Å². The largest absolute Gasteiger partial charge is 0.508 e. The molecule has 2 aliphatic heterocycles. The average molecular weight is 380 g/mol. The number of pyridine rings is 1. The van der Waals surface area contributed by atoms with Crippen LogP contribution in [0.5, 0.6) is 5.75 Å². The summed E-state index contributed by atoms with van der Waals surface area (Å²) in [5, 5.41) is 9.65. The van der Waals surface area contributed by atoms with Crippen molar-refractivity contribution in [2.45, 2.75) is 25.4 Å². The van der Waals surface area contributed by atoms with Gasteiger partial charge in [-0.25, -0.2) is 0 Å². The Morgan fingerprint density at radius 3 is 2.50 bits per heavy atom. The summed E-state index contributed by atoms with van der Waals surface area (Å²) in [5.74, 6) is 0.503. The van der Waals surface area contributed by atoms with Crippen molar-refractivity contribution in [1.29, 1.82) is 0 Å². The molecule has 0 spiro atoms. The van der Waals surface area contributed by atoms with Crippen LogP contribution in [0.15, 0.2) is 48.8 Å². The first-order chi connectivity index (χ1) is 13.7. The van der Waals surface area contributed by atoms with Crippen LogP contribution in [0.1, 0.15) is 30.0 Å². The smallest absolute Gasteiger partial charge is 0.244 e. The van der Waals surface area contributed by atoms with Gasteiger partial charge in [0.25, 0.3) is 0 Å². The quantitative estimate of drug-likeness (QED) is 0.862. The SMILES string of the molecule is O=C([C@@H](c1cccnc1)N1CCCC1)N1CCN(Cc2cccc(O)c2)CC1. The number of phenolic OH excluding ortho intramolecular Hbond substituents is 1. The van der Waals surface area contributed by atoms with E-state index in [9.17, 15) is 9.90 Å². The molecule has 1 amide bonds. The number of aromatic hydroxyl groups is 1. The third-order valence-electron chi connectivity index (χ3n) is 5.74. The molecular weight excluding hydrogens is 352 g/mol. The van der Waals surface area contributed by atoms with Gasteiger partial charge in [0.15, 0.2) is 0 Å². The number of nitrogens with zero attached hydrogens (tertiary/aromatic N) is 4. The number of likely N-dealkylation sites (tertiary alicyclic amines) is 1. The Balaban J connectivity index is 1.40. The molecule has 28 heavy (non-hydrogen) atoms. The fourth-order valence-electron chi connectivity index (χ4n) is 4.26. The zero-order valence-corrected chi connectivity index (χ0v) is 16.2. The van der Waals surface area contributed by atoms with Gasteiger partial charge in [-0.05, 0) is 55.3 Å². The van der Waals surface area contributed by atoms with E-state index in [0.29, 0.717) is 5.75 Å². The maximum atomic E-state index is 13.4. The molecule has 0 unspecified atom stereocenters. The van der Waals surface area contributed by atoms with Gasteiger partial charge >= 0.3 is 0 Å². The van der Waals surface area contributed by atoms with Crippen molar-refractivity contribution in [1.82, 2.24) is 19.7 Å². The number of phenols is 1. The minimum absolute atomic E-state index is 0.201. The number of hydrogen-bond donors (Lipinski definition) is 1. The second kappa shape index (κ2) is 8.71. The molecule has 6 heteroatoms. The molecule has 1 N–H and O–H groups in total. The van der Waals surface area contributed by atoms with Crippen LogP contribution in [0.2, 0.25) is 0 Å². The lowest BCUT2D eigenvalue weighted by atomic mass is 10.1. The molecule has 3 heterocycles. The topological polar surface area (TPSA) is 59.9 Å². The molecule has 1 atom stereocenters. The molecule has 2 aromatic rings. The maximum absolute atomic E-state index is 13.4. The van der Waals surface area contributed by atoms with Crippen molar-refractivity contribution < 1.29 is 9.90 Å². The Morgan fingerprint density at radius 2 is 1.82 bits per heavy atom. The summed E-state index contributed by atoms with van der Waals surface area (Å²) >= 11 is 0. The van der Waals surface area contributed by atoms with Crippen LogP contribution in [0.4, 0.5) is 0 Å². The molecule has 2 aliphatic rings. The molecule has 148 valence electrons. The molecule has 0 bridgehead atoms. The predicted octanol–water partition coefficient (Wildman–Crippen LogP) is 2.27. The lowest BCUT2D eigenvalue weighted by Gasteiger charge is -2.38. The van der Waals surface area contributed by atoms with Gasteiger partial charge in [-0.1, -0.05) is 18.2 Å². The third kappa shape index (κ3) is 4.34. The van der Waals surface area contributed by atoms with Crippen molar-refractivity contribution in [2.24, 2.45) is 0 Å². The van der Waals surface area contributed by atoms with Gasteiger partial charge in [0.05, 0.1) is 0 Å². The Morgan fingerprint density at radius 1 is 1.04 bits per heavy atom. The van der Waals surface area contributed by atoms with E-state index in [0.717, 1.165) is 69.8 Å². The monoisotopic (exact) mass is 380 g/mol. The number of carbonyl (C=O) groups is 1. The van der Waals surface area contributed by atoms with Gasteiger partial charge in [0.1, 0.15) is 11.8 Å². The van der Waals surface area contributed by atoms with E-state index in [4.69, 9.17) is 0 Å². The van der Waals surface area contributed by atoms with Crippen LogP contribution in [0.3, 0.4) is 0 Å². The van der Waals surface area contributed by atoms with Crippen LogP contribution in [0.25, 0.3) is 0 Å². The fourth-order valence-corrected chi connectivity index (χ4v) is 4.26. The summed E-state index contributed by atoms with van der Waals surface area (Å²) in [6.45, 7) is 5.92. The summed E-state index contributed by atoms with van der Waals surface area (Å²) < 4.78 is 0. The zero-order valence-electron chi connectivity index (χ0n) is 16.2. The van der Waals surface area contributed by atoms with E-state index in [2.05, 4.69) is 14.8 Å². The van der Waals surface area contributed by atoms with Crippen molar-refractivity contribution in [3.8, 4) is 5.75 Å². The Labute approximate surface area is 166 Å². The fraction of sp³-hybridized carbons (Fsp3) is 0.455. The van der Waals surface area contributed by atoms with E-state index < -0.39 is 0 Å². The summed E-state index contributed by atoms with van der Waals surface area (Å²) in [5.41, 5.74) is 2.10. The van der Waals surface area contributed by atoms with Gasteiger partial charge in [-0.2, -0.15) is 0 Å². The standard InChI is InChI=1S/C22H28N4O2/c27-20-7-3-5-18(15-20)17-24-11-13-26(14-12-24)22(28)21(25-9-1-2-10-25)19-6-4-8-23-16-19/h3-8,15-16,21,27H,1-2,9-14,17H2/t21-/m1/s1. The maximum Gasteiger partial charge on any atom is 0.244 e. The highest BCUT2D eigenvalue weighted by atomic mass is 16.3. The molecule has 2 fully saturated rings. The third-order valence-corrected chi connectivity index (χ3v) is 5.74. The zero-order chi connectivity index (χ0) is 19.3. The van der Waals surface area contributed by atoms with E-state index in [1.54, 1.807) is 12.3 Å². The van der Waals surface area contributed by atoms with E-state index in [-0.39, 0.29) is 11.9 Å². The minimum Gasteiger partial charge on any atom is -0.508 e. The summed E-state index contributed by atoms with van der Waals surface area (Å²) in [4.78, 5) is 24.3. The lowest BCUT2D eigenvalue weighted by Crippen LogP contribution is -2.51. The minimum atomic E-state index is -0.214. The molecule has 1 aromatic heterocycles. The number of rotatable bonds is 5. The molecule has 2 saturated heterocycles. The van der Waals surface area contributed by atoms with E-state index >= 15 is 0 Å².